The molecule has 7 nitrogen and oxygen atoms in total. The van der Waals surface area contributed by atoms with Gasteiger partial charge in [-0.15, -0.1) is 0 Å². The number of guanidine groups is 1. The lowest BCUT2D eigenvalue weighted by Crippen LogP contribution is -2.28. The van der Waals surface area contributed by atoms with Crippen LogP contribution < -0.4 is 11.2 Å². The molecule has 0 spiro atoms. The van der Waals surface area contributed by atoms with Crippen molar-refractivity contribution in [2.45, 2.75) is 0 Å². The molecule has 0 atom stereocenters. The molecule has 0 saturated carbocycles. The minimum atomic E-state index is -0.108. The fourth-order valence-electron chi connectivity index (χ4n) is 1.80. The Bertz CT molecular complexity index is 775. The highest BCUT2D eigenvalue weighted by atomic mass is 15.5. The van der Waals surface area contributed by atoms with Crippen molar-refractivity contribution >= 4 is 17.0 Å². The number of fused-ring (bicyclic) bond motifs is 1. The number of imidazole rings is 1. The van der Waals surface area contributed by atoms with Gasteiger partial charge in [0.1, 0.15) is 6.33 Å². The summed E-state index contributed by atoms with van der Waals surface area (Å²) in [6.07, 6.45) is 8.59. The predicted octanol–water partition coefficient (Wildman–Crippen LogP) is 2.64. The first kappa shape index (κ1) is 17.6. The van der Waals surface area contributed by atoms with Crippen LogP contribution in [0.5, 0.6) is 0 Å². The minimum absolute atomic E-state index is 0.108. The van der Waals surface area contributed by atoms with E-state index in [2.05, 4.69) is 20.4 Å². The lowest BCUT2D eigenvalue weighted by Gasteiger charge is -2.04. The van der Waals surface area contributed by atoms with Crippen molar-refractivity contribution in [3.8, 4) is 0 Å². The minimum Gasteiger partial charge on any atom is -0.369 e. The van der Waals surface area contributed by atoms with Gasteiger partial charge in [-0.2, -0.15) is 0 Å². The Balaban J connectivity index is 0.000000156. The van der Waals surface area contributed by atoms with Crippen molar-refractivity contribution in [2.24, 2.45) is 5.73 Å². The van der Waals surface area contributed by atoms with E-state index in [9.17, 15) is 0 Å². The van der Waals surface area contributed by atoms with Crippen LogP contribution in [0, 0.1) is 5.41 Å². The molecular formula is C18H19N7. The smallest absolute Gasteiger partial charge is 0.205 e. The number of nitrogens with zero attached hydrogens (tertiary/aromatic N) is 4. The zero-order valence-corrected chi connectivity index (χ0v) is 13.5. The van der Waals surface area contributed by atoms with E-state index in [-0.39, 0.29) is 5.96 Å². The summed E-state index contributed by atoms with van der Waals surface area (Å²) in [6, 6.07) is 19.0. The first-order valence-corrected chi connectivity index (χ1v) is 7.50. The number of aromatic nitrogens is 4. The third kappa shape index (κ3) is 6.49. The summed E-state index contributed by atoms with van der Waals surface area (Å²) in [5, 5.41) is 7.06. The van der Waals surface area contributed by atoms with Crippen molar-refractivity contribution in [1.29, 1.82) is 5.41 Å². The van der Waals surface area contributed by atoms with Crippen LogP contribution in [0.1, 0.15) is 0 Å². The van der Waals surface area contributed by atoms with Gasteiger partial charge in [0, 0.05) is 24.8 Å². The molecule has 0 unspecified atom stereocenters. The second-order valence-electron chi connectivity index (χ2n) is 4.68. The number of hydrogen-bond donors (Lipinski definition) is 3. The molecule has 4 rings (SSSR count). The van der Waals surface area contributed by atoms with E-state index in [1.807, 2.05) is 60.7 Å². The second kappa shape index (κ2) is 10.1. The number of nitrogens with two attached hydrogens (primary N) is 1. The molecule has 25 heavy (non-hydrogen) atoms. The molecule has 0 aliphatic rings. The molecule has 3 aromatic heterocycles. The highest BCUT2D eigenvalue weighted by Gasteiger charge is 1.99. The van der Waals surface area contributed by atoms with Gasteiger partial charge in [-0.3, -0.25) is 20.8 Å². The molecule has 0 saturated heterocycles. The first-order chi connectivity index (χ1) is 12.3. The standard InChI is InChI=1S/C8H9N5.2C5H5N/c9-8(10)12-13-5-11-6-3-1-2-4-7(6)13;2*1-2-4-6-5-3-1/h1-5H,(H4,9,10,12);2*1-5H. The van der Waals surface area contributed by atoms with Crippen LogP contribution in [-0.4, -0.2) is 25.6 Å². The Kier molecular flexibility index (Phi) is 7.12. The fourth-order valence-corrected chi connectivity index (χ4v) is 1.80. The lowest BCUT2D eigenvalue weighted by molar-refractivity contribution is 0.994. The molecule has 4 aromatic rings. The van der Waals surface area contributed by atoms with Crippen LogP contribution >= 0.6 is 0 Å². The van der Waals surface area contributed by atoms with Crippen LogP contribution in [0.15, 0.2) is 91.8 Å². The lowest BCUT2D eigenvalue weighted by atomic mass is 10.3. The van der Waals surface area contributed by atoms with Gasteiger partial charge in [0.2, 0.25) is 5.96 Å². The van der Waals surface area contributed by atoms with Crippen molar-refractivity contribution in [1.82, 2.24) is 19.6 Å². The van der Waals surface area contributed by atoms with E-state index >= 15 is 0 Å². The second-order valence-corrected chi connectivity index (χ2v) is 4.68. The summed E-state index contributed by atoms with van der Waals surface area (Å²) in [7, 11) is 0. The maximum Gasteiger partial charge on any atom is 0.205 e. The Morgan fingerprint density at radius 2 is 1.40 bits per heavy atom. The highest BCUT2D eigenvalue weighted by Crippen LogP contribution is 2.09. The number of hydrogen-bond acceptors (Lipinski definition) is 4. The normalized spacial score (nSPS) is 9.12. The van der Waals surface area contributed by atoms with Gasteiger partial charge in [0.05, 0.1) is 11.0 Å². The Labute approximate surface area is 145 Å². The summed E-state index contributed by atoms with van der Waals surface area (Å²) in [5.41, 5.74) is 9.61. The summed E-state index contributed by atoms with van der Waals surface area (Å²) < 4.78 is 1.61. The molecular weight excluding hydrogens is 314 g/mol. The zero-order valence-electron chi connectivity index (χ0n) is 13.5. The number of rotatable bonds is 1. The van der Waals surface area contributed by atoms with E-state index < -0.39 is 0 Å². The first-order valence-electron chi connectivity index (χ1n) is 7.50. The molecule has 0 aliphatic carbocycles. The summed E-state index contributed by atoms with van der Waals surface area (Å²) in [6.45, 7) is 0. The summed E-state index contributed by atoms with van der Waals surface area (Å²) >= 11 is 0. The topological polar surface area (TPSA) is 106 Å². The number of benzene rings is 1. The monoisotopic (exact) mass is 333 g/mol. The van der Waals surface area contributed by atoms with E-state index in [1.54, 1.807) is 35.8 Å². The van der Waals surface area contributed by atoms with Gasteiger partial charge in [-0.05, 0) is 36.4 Å². The van der Waals surface area contributed by atoms with E-state index in [0.29, 0.717) is 0 Å². The molecule has 0 bridgehead atoms. The maximum atomic E-state index is 7.06. The van der Waals surface area contributed by atoms with Gasteiger partial charge in [0.15, 0.2) is 0 Å². The van der Waals surface area contributed by atoms with Crippen LogP contribution in [0.4, 0.5) is 0 Å². The van der Waals surface area contributed by atoms with Crippen LogP contribution in [0.3, 0.4) is 0 Å². The summed E-state index contributed by atoms with van der Waals surface area (Å²) in [5.74, 6) is -0.108. The summed E-state index contributed by atoms with van der Waals surface area (Å²) in [4.78, 5) is 11.7. The van der Waals surface area contributed by atoms with Gasteiger partial charge < -0.3 is 5.73 Å². The van der Waals surface area contributed by atoms with Crippen LogP contribution in [-0.2, 0) is 0 Å². The quantitative estimate of drug-likeness (QED) is 0.367. The largest absolute Gasteiger partial charge is 0.369 e. The van der Waals surface area contributed by atoms with Gasteiger partial charge in [0.25, 0.3) is 0 Å². The molecule has 0 aliphatic heterocycles. The van der Waals surface area contributed by atoms with Crippen LogP contribution in [0.2, 0.25) is 0 Å². The average Bonchev–Trinajstić information content (AvgIpc) is 3.08. The van der Waals surface area contributed by atoms with Gasteiger partial charge in [-0.1, -0.05) is 24.3 Å². The Hall–Kier alpha value is -3.74. The Morgan fingerprint density at radius 1 is 0.840 bits per heavy atom. The Morgan fingerprint density at radius 3 is 1.84 bits per heavy atom. The van der Waals surface area contributed by atoms with E-state index in [1.165, 1.54) is 0 Å². The predicted molar refractivity (Wildman–Crippen MR) is 99.5 cm³/mol. The fraction of sp³-hybridized carbons (Fsp3) is 0. The third-order valence-corrected chi connectivity index (χ3v) is 2.83. The third-order valence-electron chi connectivity index (χ3n) is 2.83. The highest BCUT2D eigenvalue weighted by molar-refractivity contribution is 5.85. The molecule has 0 amide bonds. The van der Waals surface area contributed by atoms with E-state index in [0.717, 1.165) is 11.0 Å². The maximum absolute atomic E-state index is 7.06. The zero-order chi connectivity index (χ0) is 17.7. The molecule has 0 fully saturated rings. The van der Waals surface area contributed by atoms with Crippen molar-refractivity contribution in [3.63, 3.8) is 0 Å². The number of pyridine rings is 2. The number of nitrogens with one attached hydrogen (secondary N) is 2. The molecule has 1 aromatic carbocycles. The molecule has 7 heteroatoms. The van der Waals surface area contributed by atoms with E-state index in [4.69, 9.17) is 11.1 Å². The number of para-hydroxylation sites is 2. The van der Waals surface area contributed by atoms with Crippen molar-refractivity contribution in [2.75, 3.05) is 5.43 Å². The molecule has 4 N–H and O–H groups in total. The molecule has 3 heterocycles. The van der Waals surface area contributed by atoms with Gasteiger partial charge in [-0.25, -0.2) is 9.66 Å². The average molecular weight is 333 g/mol. The molecule has 126 valence electrons. The SMILES string of the molecule is N=C(N)Nn1cnc2ccccc21.c1ccncc1.c1ccncc1. The van der Waals surface area contributed by atoms with Crippen molar-refractivity contribution < 1.29 is 0 Å². The molecule has 0 radical (unpaired) electrons. The van der Waals surface area contributed by atoms with Crippen LogP contribution in [0.25, 0.3) is 11.0 Å². The van der Waals surface area contributed by atoms with Crippen molar-refractivity contribution in [3.05, 3.63) is 91.8 Å². The van der Waals surface area contributed by atoms with Gasteiger partial charge >= 0.3 is 0 Å².